The van der Waals surface area contributed by atoms with Gasteiger partial charge in [-0.2, -0.15) is 0 Å². The number of carbonyl (C=O) groups is 1. The molecule has 0 radical (unpaired) electrons. The molecule has 2 aromatic rings. The first-order valence-electron chi connectivity index (χ1n) is 23.0. The summed E-state index contributed by atoms with van der Waals surface area (Å²) in [7, 11) is -7.61. The second kappa shape index (κ2) is 21.0. The Morgan fingerprint density at radius 3 is 1.80 bits per heavy atom. The summed E-state index contributed by atoms with van der Waals surface area (Å²) in [5.41, 5.74) is 1.83. The summed E-state index contributed by atoms with van der Waals surface area (Å²) in [5.74, 6) is -0.501. The quantitative estimate of drug-likeness (QED) is 0.0853. The van der Waals surface area contributed by atoms with Gasteiger partial charge in [-0.1, -0.05) is 129 Å². The van der Waals surface area contributed by atoms with Crippen molar-refractivity contribution < 1.29 is 56.0 Å². The van der Waals surface area contributed by atoms with Gasteiger partial charge in [-0.15, -0.1) is 6.58 Å². The predicted octanol–water partition coefficient (Wildman–Crippen LogP) is 10.5. The molecule has 0 spiro atoms. The van der Waals surface area contributed by atoms with Crippen molar-refractivity contribution in [2.24, 2.45) is 0 Å². The Labute approximate surface area is 387 Å². The number of rotatable bonds is 17. The Bertz CT molecular complexity index is 1790. The van der Waals surface area contributed by atoms with Gasteiger partial charge in [0.05, 0.1) is 26.4 Å². The van der Waals surface area contributed by atoms with Crippen molar-refractivity contribution >= 4 is 30.9 Å². The van der Waals surface area contributed by atoms with Crippen molar-refractivity contribution in [1.29, 1.82) is 0 Å². The molecule has 3 aliphatic heterocycles. The highest BCUT2D eigenvalue weighted by molar-refractivity contribution is 6.75. The first-order valence-corrected chi connectivity index (χ1v) is 31.7. The normalized spacial score (nSPS) is 29.8. The van der Waals surface area contributed by atoms with Gasteiger partial charge < -0.3 is 51.2 Å². The Hall–Kier alpha value is -2.10. The van der Waals surface area contributed by atoms with Crippen LogP contribution in [0.5, 0.6) is 0 Å². The standard InChI is InChI=1S/C49H80O12Si3/c1-18-29-51-40-38-36(31-53-44(58-38)35-27-23-20-24-28-35)57-46(43(40)61-64(16,17)49(9,10)11)59-39-37(32-54-62(12,13)47(3,4)5)56-45(52-30-34-25-21-19-22-26-34)42(55-33(2)50)41(39)60-63(14,15)48(6,7)8/h18-28,36-46H,1,29-32H2,2-17H3/t36-,37-,38+,39-,40+,41+,42-,43-,44+,45-,46+/m1/s1. The van der Waals surface area contributed by atoms with Crippen LogP contribution in [0.25, 0.3) is 0 Å². The van der Waals surface area contributed by atoms with Crippen LogP contribution in [-0.2, 0) is 62.6 Å². The minimum Gasteiger partial charge on any atom is -0.454 e. The van der Waals surface area contributed by atoms with E-state index in [1.807, 2.05) is 60.7 Å². The van der Waals surface area contributed by atoms with E-state index in [0.29, 0.717) is 0 Å². The van der Waals surface area contributed by atoms with E-state index in [1.165, 1.54) is 6.92 Å². The van der Waals surface area contributed by atoms with Gasteiger partial charge in [0.1, 0.15) is 42.7 Å². The number of hydrogen-bond donors (Lipinski definition) is 0. The van der Waals surface area contributed by atoms with Gasteiger partial charge in [0.25, 0.3) is 0 Å². The molecule has 0 unspecified atom stereocenters. The van der Waals surface area contributed by atoms with E-state index in [1.54, 1.807) is 6.08 Å². The molecule has 15 heteroatoms. The van der Waals surface area contributed by atoms with Crippen LogP contribution in [0.1, 0.15) is 86.7 Å². The zero-order chi connectivity index (χ0) is 47.5. The summed E-state index contributed by atoms with van der Waals surface area (Å²) in [6, 6.07) is 19.7. The molecule has 0 amide bonds. The molecule has 2 aromatic carbocycles. The lowest BCUT2D eigenvalue weighted by molar-refractivity contribution is -0.385. The maximum absolute atomic E-state index is 13.2. The molecule has 0 bridgehead atoms. The highest BCUT2D eigenvalue weighted by Gasteiger charge is 2.59. The Morgan fingerprint density at radius 2 is 1.25 bits per heavy atom. The zero-order valence-corrected chi connectivity index (χ0v) is 44.6. The van der Waals surface area contributed by atoms with Gasteiger partial charge in [-0.3, -0.25) is 4.79 Å². The van der Waals surface area contributed by atoms with E-state index in [2.05, 4.69) is 108 Å². The molecule has 12 nitrogen and oxygen atoms in total. The second-order valence-electron chi connectivity index (χ2n) is 22.1. The first-order chi connectivity index (χ1) is 29.7. The summed E-state index contributed by atoms with van der Waals surface area (Å²) >= 11 is 0. The fraction of sp³-hybridized carbons (Fsp3) is 0.694. The Balaban J connectivity index is 1.65. The minimum absolute atomic E-state index is 0.101. The molecule has 0 saturated carbocycles. The maximum Gasteiger partial charge on any atom is 0.303 e. The SMILES string of the molecule is C=CCO[C@H]1[C@H]2O[C@@H](c3ccccc3)OC[C@H]2O[C@@H](O[C@H]2[C@H](O[Si](C)(C)C(C)(C)C)[C@@H](OC(C)=O)[C@H](OCc3ccccc3)O[C@@H]2CO[Si](C)(C)C(C)(C)C)[C@@H]1O[Si](C)(C)C(C)(C)C. The van der Waals surface area contributed by atoms with E-state index in [0.717, 1.165) is 11.1 Å². The average Bonchev–Trinajstić information content (AvgIpc) is 3.20. The van der Waals surface area contributed by atoms with E-state index in [-0.39, 0.29) is 41.5 Å². The zero-order valence-electron chi connectivity index (χ0n) is 41.6. The van der Waals surface area contributed by atoms with E-state index >= 15 is 0 Å². The lowest BCUT2D eigenvalue weighted by Gasteiger charge is -2.54. The van der Waals surface area contributed by atoms with Crippen LogP contribution in [-0.4, -0.2) is 112 Å². The predicted molar refractivity (Wildman–Crippen MR) is 256 cm³/mol. The fourth-order valence-corrected chi connectivity index (χ4v) is 10.7. The lowest BCUT2D eigenvalue weighted by Crippen LogP contribution is -2.69. The lowest BCUT2D eigenvalue weighted by atomic mass is 9.96. The third kappa shape index (κ3) is 12.9. The van der Waals surface area contributed by atoms with Gasteiger partial charge in [0.2, 0.25) is 0 Å². The molecule has 0 aliphatic carbocycles. The van der Waals surface area contributed by atoms with Crippen molar-refractivity contribution in [2.45, 2.75) is 198 Å². The van der Waals surface area contributed by atoms with Gasteiger partial charge >= 0.3 is 5.97 Å². The molecule has 0 N–H and O–H groups in total. The summed E-state index contributed by atoms with van der Waals surface area (Å²) < 4.78 is 76.0. The number of ether oxygens (including phenoxy) is 8. The van der Waals surface area contributed by atoms with Crippen LogP contribution in [0.4, 0.5) is 0 Å². The molecule has 64 heavy (non-hydrogen) atoms. The topological polar surface area (TPSA) is 119 Å². The summed E-state index contributed by atoms with van der Waals surface area (Å²) in [4.78, 5) is 13.2. The Kier molecular flexibility index (Phi) is 17.4. The smallest absolute Gasteiger partial charge is 0.303 e. The van der Waals surface area contributed by atoms with Crippen LogP contribution in [0.2, 0.25) is 54.4 Å². The molecular formula is C49H80O12Si3. The number of benzene rings is 2. The first kappa shape index (κ1) is 52.9. The molecule has 360 valence electrons. The molecule has 3 heterocycles. The number of esters is 1. The summed E-state index contributed by atoms with van der Waals surface area (Å²) in [6.07, 6.45) is -7.20. The van der Waals surface area contributed by atoms with Crippen molar-refractivity contribution in [1.82, 2.24) is 0 Å². The van der Waals surface area contributed by atoms with E-state index in [9.17, 15) is 4.79 Å². The molecule has 5 rings (SSSR count). The summed E-state index contributed by atoms with van der Waals surface area (Å²) in [6.45, 7) is 39.1. The van der Waals surface area contributed by atoms with Gasteiger partial charge in [-0.05, 0) is 60.0 Å². The average molecular weight is 945 g/mol. The summed E-state index contributed by atoms with van der Waals surface area (Å²) in [5, 5.41) is -0.523. The van der Waals surface area contributed by atoms with Crippen LogP contribution in [0.15, 0.2) is 73.3 Å². The van der Waals surface area contributed by atoms with Crippen LogP contribution < -0.4 is 0 Å². The molecule has 11 atom stereocenters. The van der Waals surface area contributed by atoms with Crippen molar-refractivity contribution in [3.8, 4) is 0 Å². The van der Waals surface area contributed by atoms with Gasteiger partial charge in [0.15, 0.2) is 49.9 Å². The molecule has 0 aromatic heterocycles. The van der Waals surface area contributed by atoms with Gasteiger partial charge in [-0.25, -0.2) is 0 Å². The van der Waals surface area contributed by atoms with Crippen LogP contribution in [0.3, 0.4) is 0 Å². The second-order valence-corrected chi connectivity index (χ2v) is 36.4. The molecule has 3 fully saturated rings. The highest BCUT2D eigenvalue weighted by Crippen LogP contribution is 2.46. The molecule has 3 saturated heterocycles. The number of hydrogen-bond acceptors (Lipinski definition) is 12. The van der Waals surface area contributed by atoms with Crippen molar-refractivity contribution in [3.05, 3.63) is 84.4 Å². The maximum atomic E-state index is 13.2. The largest absolute Gasteiger partial charge is 0.454 e. The third-order valence-electron chi connectivity index (χ3n) is 14.1. The third-order valence-corrected chi connectivity index (χ3v) is 27.5. The molecule has 3 aliphatic rings. The van der Waals surface area contributed by atoms with E-state index < -0.39 is 98.6 Å². The highest BCUT2D eigenvalue weighted by atomic mass is 28.4. The number of fused-ring (bicyclic) bond motifs is 1. The van der Waals surface area contributed by atoms with Crippen molar-refractivity contribution in [2.75, 3.05) is 19.8 Å². The monoisotopic (exact) mass is 944 g/mol. The minimum atomic E-state index is -2.66. The number of carbonyl (C=O) groups excluding carboxylic acids is 1. The van der Waals surface area contributed by atoms with E-state index in [4.69, 9.17) is 51.2 Å². The van der Waals surface area contributed by atoms with Crippen molar-refractivity contribution in [3.63, 3.8) is 0 Å². The molecular weight excluding hydrogens is 865 g/mol. The van der Waals surface area contributed by atoms with Crippen LogP contribution >= 0.6 is 0 Å². The van der Waals surface area contributed by atoms with Crippen LogP contribution in [0, 0.1) is 0 Å². The Morgan fingerprint density at radius 1 is 0.688 bits per heavy atom. The fourth-order valence-electron chi connectivity index (χ4n) is 7.14. The van der Waals surface area contributed by atoms with Gasteiger partial charge in [0, 0.05) is 12.5 Å².